The molecular weight excluding hydrogens is 248 g/mol. The number of carboxylic acid groups (broad SMARTS) is 1. The molecule has 0 saturated carbocycles. The van der Waals surface area contributed by atoms with E-state index in [1.54, 1.807) is 0 Å². The van der Waals surface area contributed by atoms with Crippen molar-refractivity contribution in [2.24, 2.45) is 0 Å². The molecule has 0 heterocycles. The molecule has 0 aliphatic heterocycles. The second kappa shape index (κ2) is 6.10. The first-order chi connectivity index (χ1) is 8.06. The molecule has 92 valence electrons. The van der Waals surface area contributed by atoms with Gasteiger partial charge in [0.25, 0.3) is 0 Å². The highest BCUT2D eigenvalue weighted by Gasteiger charge is 2.14. The Morgan fingerprint density at radius 3 is 2.71 bits per heavy atom. The van der Waals surface area contributed by atoms with Crippen LogP contribution in [0.5, 0.6) is 5.75 Å². The van der Waals surface area contributed by atoms with E-state index < -0.39 is 11.9 Å². The fourth-order valence-corrected chi connectivity index (χ4v) is 1.39. The Hall–Kier alpha value is -1.75. The molecule has 0 atom stereocenters. The van der Waals surface area contributed by atoms with E-state index in [4.69, 9.17) is 21.4 Å². The molecule has 5 nitrogen and oxygen atoms in total. The summed E-state index contributed by atoms with van der Waals surface area (Å²) >= 11 is 5.82. The number of carboxylic acids is 1. The number of rotatable bonds is 5. The van der Waals surface area contributed by atoms with Crippen LogP contribution < -0.4 is 4.74 Å². The van der Waals surface area contributed by atoms with Crippen LogP contribution >= 0.6 is 11.6 Å². The maximum absolute atomic E-state index is 10.9. The molecule has 1 N–H and O–H groups in total. The fourth-order valence-electron chi connectivity index (χ4n) is 1.16. The third-order valence-corrected chi connectivity index (χ3v) is 2.28. The van der Waals surface area contributed by atoms with Crippen LogP contribution in [-0.4, -0.2) is 30.8 Å². The van der Waals surface area contributed by atoms with Gasteiger partial charge in [-0.15, -0.1) is 0 Å². The zero-order valence-electron chi connectivity index (χ0n) is 9.10. The lowest BCUT2D eigenvalue weighted by Crippen LogP contribution is -2.10. The average molecular weight is 259 g/mol. The predicted molar refractivity (Wildman–Crippen MR) is 60.5 cm³/mol. The van der Waals surface area contributed by atoms with E-state index in [2.05, 4.69) is 4.74 Å². The number of hydrogen-bond donors (Lipinski definition) is 1. The first-order valence-electron chi connectivity index (χ1n) is 4.77. The fraction of sp³-hybridized carbons (Fsp3) is 0.273. The van der Waals surface area contributed by atoms with Crippen molar-refractivity contribution in [1.29, 1.82) is 0 Å². The molecule has 0 saturated heterocycles. The van der Waals surface area contributed by atoms with Gasteiger partial charge in [0.1, 0.15) is 5.56 Å². The van der Waals surface area contributed by atoms with E-state index in [9.17, 15) is 9.59 Å². The van der Waals surface area contributed by atoms with Crippen molar-refractivity contribution in [2.45, 2.75) is 6.42 Å². The van der Waals surface area contributed by atoms with Crippen LogP contribution in [0.2, 0.25) is 5.02 Å². The molecule has 1 aromatic carbocycles. The number of methoxy groups -OCH3 is 1. The van der Waals surface area contributed by atoms with Gasteiger partial charge in [-0.2, -0.15) is 0 Å². The Morgan fingerprint density at radius 1 is 1.41 bits per heavy atom. The Balaban J connectivity index is 2.76. The maximum Gasteiger partial charge on any atom is 0.339 e. The topological polar surface area (TPSA) is 72.8 Å². The number of halogens is 1. The maximum atomic E-state index is 10.9. The summed E-state index contributed by atoms with van der Waals surface area (Å²) in [7, 11) is 1.26. The predicted octanol–water partition coefficient (Wildman–Crippen LogP) is 1.98. The lowest BCUT2D eigenvalue weighted by molar-refractivity contribution is -0.141. The molecule has 0 fully saturated rings. The Bertz CT molecular complexity index is 430. The van der Waals surface area contributed by atoms with Crippen LogP contribution in [0.15, 0.2) is 18.2 Å². The van der Waals surface area contributed by atoms with E-state index in [1.165, 1.54) is 25.3 Å². The first-order valence-corrected chi connectivity index (χ1v) is 5.15. The van der Waals surface area contributed by atoms with Gasteiger partial charge in [-0.1, -0.05) is 17.7 Å². The van der Waals surface area contributed by atoms with Crippen molar-refractivity contribution in [1.82, 2.24) is 0 Å². The summed E-state index contributed by atoms with van der Waals surface area (Å²) in [5.74, 6) is -1.51. The minimum absolute atomic E-state index is 0.0106. The van der Waals surface area contributed by atoms with Gasteiger partial charge in [0.05, 0.1) is 25.2 Å². The molecule has 0 aromatic heterocycles. The summed E-state index contributed by atoms with van der Waals surface area (Å²) < 4.78 is 9.62. The standard InChI is InChI=1S/C11H11ClO5/c1-16-9(13)5-6-17-10-7(11(14)15)3-2-4-8(10)12/h2-4H,5-6H2,1H3,(H,14,15). The quantitative estimate of drug-likeness (QED) is 0.818. The number of carbonyl (C=O) groups excluding carboxylic acids is 1. The van der Waals surface area contributed by atoms with Crippen molar-refractivity contribution in [3.8, 4) is 5.75 Å². The summed E-state index contributed by atoms with van der Waals surface area (Å²) in [6, 6.07) is 4.40. The van der Waals surface area contributed by atoms with E-state index in [0.717, 1.165) is 0 Å². The number of hydrogen-bond acceptors (Lipinski definition) is 4. The van der Waals surface area contributed by atoms with Gasteiger partial charge in [-0.3, -0.25) is 4.79 Å². The van der Waals surface area contributed by atoms with Crippen LogP contribution in [0.4, 0.5) is 0 Å². The molecule has 1 aromatic rings. The Kier molecular flexibility index (Phi) is 4.78. The van der Waals surface area contributed by atoms with Crippen LogP contribution in [0.25, 0.3) is 0 Å². The zero-order chi connectivity index (χ0) is 12.8. The minimum Gasteiger partial charge on any atom is -0.491 e. The molecule has 0 bridgehead atoms. The monoisotopic (exact) mass is 258 g/mol. The average Bonchev–Trinajstić information content (AvgIpc) is 2.30. The molecule has 0 unspecified atom stereocenters. The largest absolute Gasteiger partial charge is 0.491 e. The lowest BCUT2D eigenvalue weighted by Gasteiger charge is -2.09. The highest BCUT2D eigenvalue weighted by atomic mass is 35.5. The number of esters is 1. The van der Waals surface area contributed by atoms with Crippen LogP contribution in [0.3, 0.4) is 0 Å². The third kappa shape index (κ3) is 3.64. The summed E-state index contributed by atoms with van der Waals surface area (Å²) in [4.78, 5) is 21.8. The second-order valence-electron chi connectivity index (χ2n) is 3.10. The van der Waals surface area contributed by atoms with E-state index in [0.29, 0.717) is 0 Å². The number of aromatic carboxylic acids is 1. The first kappa shape index (κ1) is 13.3. The van der Waals surface area contributed by atoms with Crippen LogP contribution in [0.1, 0.15) is 16.8 Å². The van der Waals surface area contributed by atoms with E-state index >= 15 is 0 Å². The highest BCUT2D eigenvalue weighted by molar-refractivity contribution is 6.32. The minimum atomic E-state index is -1.14. The van der Waals surface area contributed by atoms with Crippen molar-refractivity contribution in [3.63, 3.8) is 0 Å². The van der Waals surface area contributed by atoms with E-state index in [1.807, 2.05) is 0 Å². The number of ether oxygens (including phenoxy) is 2. The molecule has 1 rings (SSSR count). The summed E-state index contributed by atoms with van der Waals surface area (Å²) in [6.07, 6.45) is 0.0286. The second-order valence-corrected chi connectivity index (χ2v) is 3.50. The number of para-hydroxylation sites is 1. The van der Waals surface area contributed by atoms with Crippen molar-refractivity contribution >= 4 is 23.5 Å². The van der Waals surface area contributed by atoms with Crippen LogP contribution in [-0.2, 0) is 9.53 Å². The summed E-state index contributed by atoms with van der Waals surface area (Å²) in [5, 5.41) is 9.10. The van der Waals surface area contributed by atoms with Crippen molar-refractivity contribution in [3.05, 3.63) is 28.8 Å². The molecule has 0 amide bonds. The lowest BCUT2D eigenvalue weighted by atomic mass is 10.2. The molecular formula is C11H11ClO5. The van der Waals surface area contributed by atoms with Gasteiger partial charge >= 0.3 is 11.9 Å². The van der Waals surface area contributed by atoms with Gasteiger partial charge in [-0.05, 0) is 12.1 Å². The number of benzene rings is 1. The van der Waals surface area contributed by atoms with Gasteiger partial charge < -0.3 is 14.6 Å². The Labute approximate surface area is 103 Å². The van der Waals surface area contributed by atoms with Crippen molar-refractivity contribution < 1.29 is 24.2 Å². The van der Waals surface area contributed by atoms with Gasteiger partial charge in [0.15, 0.2) is 5.75 Å². The molecule has 0 spiro atoms. The van der Waals surface area contributed by atoms with Gasteiger partial charge in [0, 0.05) is 0 Å². The van der Waals surface area contributed by atoms with Gasteiger partial charge in [-0.25, -0.2) is 4.79 Å². The summed E-state index contributed by atoms with van der Waals surface area (Å²) in [6.45, 7) is 0.0106. The third-order valence-electron chi connectivity index (χ3n) is 1.98. The SMILES string of the molecule is COC(=O)CCOc1c(Cl)cccc1C(=O)O. The van der Waals surface area contributed by atoms with Crippen molar-refractivity contribution in [2.75, 3.05) is 13.7 Å². The molecule has 0 aliphatic rings. The van der Waals surface area contributed by atoms with E-state index in [-0.39, 0.29) is 29.4 Å². The number of carbonyl (C=O) groups is 2. The zero-order valence-corrected chi connectivity index (χ0v) is 9.86. The molecule has 6 heteroatoms. The highest BCUT2D eigenvalue weighted by Crippen LogP contribution is 2.28. The smallest absolute Gasteiger partial charge is 0.339 e. The van der Waals surface area contributed by atoms with Gasteiger partial charge in [0.2, 0.25) is 0 Å². The molecule has 0 radical (unpaired) electrons. The Morgan fingerprint density at radius 2 is 2.12 bits per heavy atom. The molecule has 17 heavy (non-hydrogen) atoms. The normalized spacial score (nSPS) is 9.76. The molecule has 0 aliphatic carbocycles. The summed E-state index contributed by atoms with van der Waals surface area (Å²) in [5.41, 5.74) is -0.0395. The van der Waals surface area contributed by atoms with Crippen LogP contribution in [0, 0.1) is 0 Å².